The Morgan fingerprint density at radius 3 is 2.24 bits per heavy atom. The lowest BCUT2D eigenvalue weighted by molar-refractivity contribution is -0.123. The zero-order valence-corrected chi connectivity index (χ0v) is 17.0. The van der Waals surface area contributed by atoms with Gasteiger partial charge in [0.1, 0.15) is 12.3 Å². The number of ether oxygens (including phenoxy) is 1. The van der Waals surface area contributed by atoms with Gasteiger partial charge in [0, 0.05) is 18.3 Å². The van der Waals surface area contributed by atoms with Crippen LogP contribution in [0, 0.1) is 0 Å². The van der Waals surface area contributed by atoms with Crippen LogP contribution in [0.5, 0.6) is 5.75 Å². The maximum Gasteiger partial charge on any atom is 0.265 e. The SMILES string of the molecule is CC(=O)Nc1ccc(NC(=O)CN2C(=O)COc3cc(C(C)(C)C)ccc32)cc1. The van der Waals surface area contributed by atoms with Crippen LogP contribution in [0.1, 0.15) is 33.3 Å². The first-order valence-corrected chi connectivity index (χ1v) is 9.39. The van der Waals surface area contributed by atoms with Gasteiger partial charge in [-0.15, -0.1) is 0 Å². The van der Waals surface area contributed by atoms with Gasteiger partial charge in [-0.25, -0.2) is 0 Å². The summed E-state index contributed by atoms with van der Waals surface area (Å²) in [5.41, 5.74) is 2.85. The molecule has 0 saturated heterocycles. The van der Waals surface area contributed by atoms with Crippen LogP contribution in [0.4, 0.5) is 17.1 Å². The van der Waals surface area contributed by atoms with E-state index in [1.807, 2.05) is 18.2 Å². The Hall–Kier alpha value is -3.35. The molecule has 0 aliphatic carbocycles. The molecule has 7 heteroatoms. The van der Waals surface area contributed by atoms with E-state index in [9.17, 15) is 14.4 Å². The molecule has 2 aromatic rings. The molecule has 29 heavy (non-hydrogen) atoms. The Balaban J connectivity index is 1.72. The first-order chi connectivity index (χ1) is 13.6. The van der Waals surface area contributed by atoms with E-state index in [0.717, 1.165) is 5.56 Å². The molecule has 0 unspecified atom stereocenters. The van der Waals surface area contributed by atoms with Crippen molar-refractivity contribution in [2.24, 2.45) is 0 Å². The van der Waals surface area contributed by atoms with Crippen molar-refractivity contribution in [1.29, 1.82) is 0 Å². The number of fused-ring (bicyclic) bond motifs is 1. The summed E-state index contributed by atoms with van der Waals surface area (Å²) in [4.78, 5) is 37.4. The topological polar surface area (TPSA) is 87.7 Å². The molecule has 1 aliphatic rings. The van der Waals surface area contributed by atoms with Crippen molar-refractivity contribution in [3.63, 3.8) is 0 Å². The minimum absolute atomic E-state index is 0.0501. The van der Waals surface area contributed by atoms with Crippen LogP contribution in [0.2, 0.25) is 0 Å². The highest BCUT2D eigenvalue weighted by atomic mass is 16.5. The smallest absolute Gasteiger partial charge is 0.265 e. The molecular formula is C22H25N3O4. The second kappa shape index (κ2) is 7.95. The molecule has 0 fully saturated rings. The highest BCUT2D eigenvalue weighted by molar-refractivity contribution is 6.05. The predicted molar refractivity (Wildman–Crippen MR) is 112 cm³/mol. The van der Waals surface area contributed by atoms with Gasteiger partial charge in [-0.3, -0.25) is 19.3 Å². The quantitative estimate of drug-likeness (QED) is 0.831. The highest BCUT2D eigenvalue weighted by Crippen LogP contribution is 2.36. The molecule has 2 aromatic carbocycles. The predicted octanol–water partition coefficient (Wildman–Crippen LogP) is 3.31. The minimum Gasteiger partial charge on any atom is -0.482 e. The number of carbonyl (C=O) groups excluding carboxylic acids is 3. The first-order valence-electron chi connectivity index (χ1n) is 9.39. The summed E-state index contributed by atoms with van der Waals surface area (Å²) in [5, 5.41) is 5.43. The summed E-state index contributed by atoms with van der Waals surface area (Å²) in [5.74, 6) is -0.152. The molecule has 0 atom stereocenters. The highest BCUT2D eigenvalue weighted by Gasteiger charge is 2.28. The molecular weight excluding hydrogens is 370 g/mol. The fourth-order valence-electron chi connectivity index (χ4n) is 3.03. The van der Waals surface area contributed by atoms with Gasteiger partial charge in [0.2, 0.25) is 11.8 Å². The number of nitrogens with one attached hydrogen (secondary N) is 2. The van der Waals surface area contributed by atoms with E-state index in [1.54, 1.807) is 24.3 Å². The Bertz CT molecular complexity index is 946. The number of amides is 3. The Morgan fingerprint density at radius 2 is 1.66 bits per heavy atom. The monoisotopic (exact) mass is 395 g/mol. The Kier molecular flexibility index (Phi) is 5.59. The molecule has 7 nitrogen and oxygen atoms in total. The van der Waals surface area contributed by atoms with Gasteiger partial charge >= 0.3 is 0 Å². The second-order valence-electron chi connectivity index (χ2n) is 8.01. The maximum atomic E-state index is 12.5. The number of hydrogen-bond donors (Lipinski definition) is 2. The minimum atomic E-state index is -0.321. The van der Waals surface area contributed by atoms with E-state index in [0.29, 0.717) is 22.8 Å². The van der Waals surface area contributed by atoms with Crippen molar-refractivity contribution in [2.45, 2.75) is 33.1 Å². The zero-order chi connectivity index (χ0) is 21.2. The van der Waals surface area contributed by atoms with Crippen molar-refractivity contribution >= 4 is 34.8 Å². The summed E-state index contributed by atoms with van der Waals surface area (Å²) in [6, 6.07) is 12.5. The number of nitrogens with zero attached hydrogens (tertiary/aromatic N) is 1. The molecule has 1 aliphatic heterocycles. The average Bonchev–Trinajstić information content (AvgIpc) is 2.64. The third-order valence-corrected chi connectivity index (χ3v) is 4.56. The van der Waals surface area contributed by atoms with Crippen molar-refractivity contribution < 1.29 is 19.1 Å². The molecule has 3 rings (SSSR count). The van der Waals surface area contributed by atoms with Gasteiger partial charge < -0.3 is 15.4 Å². The van der Waals surface area contributed by atoms with Crippen LogP contribution in [0.15, 0.2) is 42.5 Å². The van der Waals surface area contributed by atoms with E-state index in [4.69, 9.17) is 4.74 Å². The number of carbonyl (C=O) groups is 3. The van der Waals surface area contributed by atoms with Crippen molar-refractivity contribution in [1.82, 2.24) is 0 Å². The number of hydrogen-bond acceptors (Lipinski definition) is 4. The molecule has 0 saturated carbocycles. The molecule has 0 aromatic heterocycles. The summed E-state index contributed by atoms with van der Waals surface area (Å²) in [6.45, 7) is 7.52. The van der Waals surface area contributed by atoms with Crippen LogP contribution in [-0.2, 0) is 19.8 Å². The van der Waals surface area contributed by atoms with Crippen molar-refractivity contribution in [2.75, 3.05) is 28.7 Å². The van der Waals surface area contributed by atoms with Gasteiger partial charge in [0.05, 0.1) is 5.69 Å². The molecule has 0 spiro atoms. The zero-order valence-electron chi connectivity index (χ0n) is 17.0. The van der Waals surface area contributed by atoms with Crippen LogP contribution in [0.25, 0.3) is 0 Å². The molecule has 152 valence electrons. The third kappa shape index (κ3) is 4.93. The molecule has 1 heterocycles. The number of benzene rings is 2. The fourth-order valence-corrected chi connectivity index (χ4v) is 3.03. The van der Waals surface area contributed by atoms with E-state index in [1.165, 1.54) is 11.8 Å². The van der Waals surface area contributed by atoms with Gasteiger partial charge in [-0.1, -0.05) is 26.8 Å². The van der Waals surface area contributed by atoms with Gasteiger partial charge in [0.15, 0.2) is 6.61 Å². The van der Waals surface area contributed by atoms with Crippen molar-refractivity contribution in [3.8, 4) is 5.75 Å². The molecule has 0 bridgehead atoms. The van der Waals surface area contributed by atoms with Crippen molar-refractivity contribution in [3.05, 3.63) is 48.0 Å². The lowest BCUT2D eigenvalue weighted by atomic mass is 9.86. The molecule has 2 N–H and O–H groups in total. The fraction of sp³-hybridized carbons (Fsp3) is 0.318. The Labute approximate surface area is 170 Å². The largest absolute Gasteiger partial charge is 0.482 e. The van der Waals surface area contributed by atoms with E-state index < -0.39 is 0 Å². The normalized spacial score (nSPS) is 13.4. The summed E-state index contributed by atoms with van der Waals surface area (Å²) in [7, 11) is 0. The average molecular weight is 395 g/mol. The summed E-state index contributed by atoms with van der Waals surface area (Å²) in [6.07, 6.45) is 0. The van der Waals surface area contributed by atoms with Crippen LogP contribution >= 0.6 is 0 Å². The standard InChI is InChI=1S/C22H25N3O4/c1-14(26)23-16-6-8-17(9-7-16)24-20(27)12-25-18-10-5-15(22(2,3)4)11-19(18)29-13-21(25)28/h5-11H,12-13H2,1-4H3,(H,23,26)(H,24,27). The Morgan fingerprint density at radius 1 is 1.03 bits per heavy atom. The van der Waals surface area contributed by atoms with Crippen LogP contribution in [-0.4, -0.2) is 30.9 Å². The van der Waals surface area contributed by atoms with Crippen LogP contribution < -0.4 is 20.3 Å². The lowest BCUT2D eigenvalue weighted by Crippen LogP contribution is -2.43. The summed E-state index contributed by atoms with van der Waals surface area (Å²) >= 11 is 0. The van der Waals surface area contributed by atoms with E-state index in [-0.39, 0.29) is 36.3 Å². The first kappa shape index (κ1) is 20.4. The van der Waals surface area contributed by atoms with Crippen LogP contribution in [0.3, 0.4) is 0 Å². The number of anilines is 3. The van der Waals surface area contributed by atoms with Gasteiger partial charge in [-0.05, 0) is 47.4 Å². The third-order valence-electron chi connectivity index (χ3n) is 4.56. The van der Waals surface area contributed by atoms with Gasteiger partial charge in [-0.2, -0.15) is 0 Å². The number of rotatable bonds is 4. The van der Waals surface area contributed by atoms with Gasteiger partial charge in [0.25, 0.3) is 5.91 Å². The maximum absolute atomic E-state index is 12.5. The summed E-state index contributed by atoms with van der Waals surface area (Å²) < 4.78 is 5.59. The van der Waals surface area contributed by atoms with E-state index in [2.05, 4.69) is 31.4 Å². The molecule has 0 radical (unpaired) electrons. The van der Waals surface area contributed by atoms with E-state index >= 15 is 0 Å². The lowest BCUT2D eigenvalue weighted by Gasteiger charge is -2.30. The molecule has 3 amide bonds. The second-order valence-corrected chi connectivity index (χ2v) is 8.01.